The highest BCUT2D eigenvalue weighted by molar-refractivity contribution is 14.1. The average molecular weight is 352 g/mol. The molecule has 0 aliphatic carbocycles. The van der Waals surface area contributed by atoms with Crippen molar-refractivity contribution in [3.8, 4) is 0 Å². The third-order valence-electron chi connectivity index (χ3n) is 1.40. The number of sulfonamides is 1. The summed E-state index contributed by atoms with van der Waals surface area (Å²) in [7, 11) is -4.22. The Bertz CT molecular complexity index is 491. The fourth-order valence-corrected chi connectivity index (χ4v) is 2.69. The molecular weight excluding hydrogens is 348 g/mol. The number of hydrogen-bond acceptors (Lipinski definition) is 3. The zero-order chi connectivity index (χ0) is 11.8. The van der Waals surface area contributed by atoms with E-state index in [-0.39, 0.29) is 3.57 Å². The lowest BCUT2D eigenvalue weighted by Gasteiger charge is -2.05. The molecule has 0 spiro atoms. The molecule has 0 radical (unpaired) electrons. The Labute approximate surface area is 96.9 Å². The standard InChI is InChI=1S/C6H4F3IN2O2S/c7-2-1-3(10)6(15(11,13)14)12-4(2)5(8)9/h1,5H,(H2,11,13,14). The molecule has 9 heteroatoms. The Morgan fingerprint density at radius 2 is 2.00 bits per heavy atom. The predicted molar refractivity (Wildman–Crippen MR) is 53.2 cm³/mol. The number of primary sulfonamides is 1. The number of alkyl halides is 2. The van der Waals surface area contributed by atoms with Crippen LogP contribution in [0.25, 0.3) is 0 Å². The lowest BCUT2D eigenvalue weighted by atomic mass is 10.3. The third-order valence-corrected chi connectivity index (χ3v) is 3.44. The lowest BCUT2D eigenvalue weighted by Crippen LogP contribution is -2.17. The smallest absolute Gasteiger partial charge is 0.230 e. The van der Waals surface area contributed by atoms with Gasteiger partial charge in [0.05, 0.1) is 3.57 Å². The van der Waals surface area contributed by atoms with Crippen LogP contribution in [-0.4, -0.2) is 13.4 Å². The van der Waals surface area contributed by atoms with Crippen LogP contribution in [-0.2, 0) is 10.0 Å². The van der Waals surface area contributed by atoms with E-state index in [4.69, 9.17) is 5.14 Å². The van der Waals surface area contributed by atoms with E-state index < -0.39 is 33.0 Å². The highest BCUT2D eigenvalue weighted by atomic mass is 127. The largest absolute Gasteiger partial charge is 0.283 e. The maximum atomic E-state index is 12.9. The topological polar surface area (TPSA) is 73.1 Å². The van der Waals surface area contributed by atoms with Crippen molar-refractivity contribution in [2.45, 2.75) is 11.5 Å². The molecule has 0 atom stereocenters. The second-order valence-corrected chi connectivity index (χ2v) is 5.13. The van der Waals surface area contributed by atoms with Crippen molar-refractivity contribution in [2.75, 3.05) is 0 Å². The normalized spacial score (nSPS) is 12.1. The quantitative estimate of drug-likeness (QED) is 0.818. The van der Waals surface area contributed by atoms with Crippen LogP contribution in [0, 0.1) is 9.39 Å². The van der Waals surface area contributed by atoms with Crippen molar-refractivity contribution < 1.29 is 21.6 Å². The summed E-state index contributed by atoms with van der Waals surface area (Å²) in [6, 6.07) is 0.648. The molecule has 1 rings (SSSR count). The molecule has 0 bridgehead atoms. The Balaban J connectivity index is 3.50. The predicted octanol–water partition coefficient (Wildman–Crippen LogP) is 1.41. The first kappa shape index (κ1) is 12.6. The van der Waals surface area contributed by atoms with Gasteiger partial charge < -0.3 is 0 Å². The van der Waals surface area contributed by atoms with Gasteiger partial charge >= 0.3 is 0 Å². The summed E-state index contributed by atoms with van der Waals surface area (Å²) < 4.78 is 58.9. The molecule has 1 heterocycles. The molecule has 0 saturated carbocycles. The first-order chi connectivity index (χ1) is 6.73. The number of halogens is 4. The highest BCUT2D eigenvalue weighted by Crippen LogP contribution is 2.24. The van der Waals surface area contributed by atoms with Crippen LogP contribution < -0.4 is 5.14 Å². The van der Waals surface area contributed by atoms with Crippen LogP contribution in [0.4, 0.5) is 13.2 Å². The summed E-state index contributed by atoms with van der Waals surface area (Å²) >= 11 is 1.44. The third kappa shape index (κ3) is 2.78. The number of hydrogen-bond donors (Lipinski definition) is 1. The van der Waals surface area contributed by atoms with Crippen LogP contribution in [0.1, 0.15) is 12.1 Å². The van der Waals surface area contributed by atoms with E-state index in [1.807, 2.05) is 0 Å². The van der Waals surface area contributed by atoms with E-state index >= 15 is 0 Å². The average Bonchev–Trinajstić information content (AvgIpc) is 2.00. The van der Waals surface area contributed by atoms with Crippen LogP contribution in [0.15, 0.2) is 11.1 Å². The van der Waals surface area contributed by atoms with E-state index in [2.05, 4.69) is 4.98 Å². The minimum absolute atomic E-state index is 0.142. The van der Waals surface area contributed by atoms with Crippen molar-refractivity contribution in [2.24, 2.45) is 5.14 Å². The van der Waals surface area contributed by atoms with Crippen LogP contribution in [0.3, 0.4) is 0 Å². The van der Waals surface area contributed by atoms with Crippen LogP contribution in [0.5, 0.6) is 0 Å². The molecule has 0 aliphatic heterocycles. The van der Waals surface area contributed by atoms with Gasteiger partial charge in [-0.1, -0.05) is 0 Å². The molecule has 2 N–H and O–H groups in total. The van der Waals surface area contributed by atoms with Gasteiger partial charge in [0.1, 0.15) is 5.69 Å². The second-order valence-electron chi connectivity index (χ2n) is 2.49. The summed E-state index contributed by atoms with van der Waals surface area (Å²) in [6.45, 7) is 0. The Morgan fingerprint density at radius 1 is 1.47 bits per heavy atom. The van der Waals surface area contributed by atoms with Gasteiger partial charge in [0, 0.05) is 0 Å². The molecule has 0 fully saturated rings. The second kappa shape index (κ2) is 4.22. The summed E-state index contributed by atoms with van der Waals surface area (Å²) in [5.74, 6) is -1.26. The summed E-state index contributed by atoms with van der Waals surface area (Å²) in [6.07, 6.45) is -3.19. The molecule has 1 aromatic rings. The van der Waals surface area contributed by atoms with Gasteiger partial charge in [-0.2, -0.15) is 0 Å². The fourth-order valence-electron chi connectivity index (χ4n) is 0.816. The number of nitrogens with zero attached hydrogens (tertiary/aromatic N) is 1. The monoisotopic (exact) mass is 352 g/mol. The molecule has 0 unspecified atom stereocenters. The first-order valence-electron chi connectivity index (χ1n) is 3.40. The molecule has 4 nitrogen and oxygen atoms in total. The number of rotatable bonds is 2. The van der Waals surface area contributed by atoms with Crippen LogP contribution >= 0.6 is 22.6 Å². The molecule has 1 aromatic heterocycles. The lowest BCUT2D eigenvalue weighted by molar-refractivity contribution is 0.139. The van der Waals surface area contributed by atoms with Gasteiger partial charge in [-0.05, 0) is 28.7 Å². The molecule has 0 aliphatic rings. The summed E-state index contributed by atoms with van der Waals surface area (Å²) in [4.78, 5) is 3.00. The van der Waals surface area contributed by atoms with Crippen LogP contribution in [0.2, 0.25) is 0 Å². The molecular formula is C6H4F3IN2O2S. The van der Waals surface area contributed by atoms with Crippen molar-refractivity contribution in [1.29, 1.82) is 0 Å². The maximum Gasteiger partial charge on any atom is 0.283 e. The molecule has 0 saturated heterocycles. The van der Waals surface area contributed by atoms with Crippen molar-refractivity contribution in [3.05, 3.63) is 21.1 Å². The number of pyridine rings is 1. The van der Waals surface area contributed by atoms with Gasteiger partial charge in [0.25, 0.3) is 16.4 Å². The van der Waals surface area contributed by atoms with Crippen molar-refractivity contribution >= 4 is 32.6 Å². The summed E-state index contributed by atoms with van der Waals surface area (Å²) in [5.41, 5.74) is -1.22. The van der Waals surface area contributed by atoms with E-state index in [1.54, 1.807) is 0 Å². The van der Waals surface area contributed by atoms with Crippen molar-refractivity contribution in [1.82, 2.24) is 4.98 Å². The zero-order valence-corrected chi connectivity index (χ0v) is 9.89. The van der Waals surface area contributed by atoms with Gasteiger partial charge in [0.2, 0.25) is 0 Å². The Morgan fingerprint density at radius 3 is 2.40 bits per heavy atom. The van der Waals surface area contributed by atoms with E-state index in [9.17, 15) is 21.6 Å². The molecule has 0 amide bonds. The van der Waals surface area contributed by atoms with Crippen molar-refractivity contribution in [3.63, 3.8) is 0 Å². The number of nitrogens with two attached hydrogens (primary N) is 1. The van der Waals surface area contributed by atoms with E-state index in [0.29, 0.717) is 6.07 Å². The Hall–Kier alpha value is -0.420. The summed E-state index contributed by atoms with van der Waals surface area (Å²) in [5, 5.41) is 3.96. The van der Waals surface area contributed by atoms with Gasteiger partial charge in [-0.15, -0.1) is 0 Å². The molecule has 84 valence electrons. The first-order valence-corrected chi connectivity index (χ1v) is 6.03. The highest BCUT2D eigenvalue weighted by Gasteiger charge is 2.22. The molecule has 0 aromatic carbocycles. The maximum absolute atomic E-state index is 12.9. The van der Waals surface area contributed by atoms with Gasteiger partial charge in [-0.25, -0.2) is 31.7 Å². The molecule has 15 heavy (non-hydrogen) atoms. The fraction of sp³-hybridized carbons (Fsp3) is 0.167. The minimum atomic E-state index is -4.22. The SMILES string of the molecule is NS(=O)(=O)c1nc(C(F)F)c(F)cc1I. The van der Waals surface area contributed by atoms with E-state index in [0.717, 1.165) is 0 Å². The van der Waals surface area contributed by atoms with E-state index in [1.165, 1.54) is 22.6 Å². The van der Waals surface area contributed by atoms with Gasteiger partial charge in [0.15, 0.2) is 10.8 Å². The minimum Gasteiger partial charge on any atom is -0.230 e. The zero-order valence-electron chi connectivity index (χ0n) is 6.92. The number of aromatic nitrogens is 1. The van der Waals surface area contributed by atoms with Gasteiger partial charge in [-0.3, -0.25) is 0 Å². The Kier molecular flexibility index (Phi) is 3.55.